The Morgan fingerprint density at radius 1 is 1.11 bits per heavy atom. The summed E-state index contributed by atoms with van der Waals surface area (Å²) in [6.07, 6.45) is -0.927. The molecule has 3 rings (SSSR count). The molecule has 0 spiro atoms. The predicted molar refractivity (Wildman–Crippen MR) is 101 cm³/mol. The van der Waals surface area contributed by atoms with Crippen molar-refractivity contribution < 1.29 is 28.5 Å². The SMILES string of the molecule is Cc1ccc(C)c(OCC(=O)O[C@H](C)C(=O)NCc2ccc3c(c2)OCO3)c1. The van der Waals surface area contributed by atoms with Crippen LogP contribution in [0.2, 0.25) is 0 Å². The summed E-state index contributed by atoms with van der Waals surface area (Å²) in [6.45, 7) is 5.58. The van der Waals surface area contributed by atoms with E-state index in [1.807, 2.05) is 38.1 Å². The minimum absolute atomic E-state index is 0.197. The van der Waals surface area contributed by atoms with Crippen LogP contribution in [0.15, 0.2) is 36.4 Å². The maximum Gasteiger partial charge on any atom is 0.344 e. The molecule has 0 bridgehead atoms. The maximum atomic E-state index is 12.2. The first-order chi connectivity index (χ1) is 13.4. The largest absolute Gasteiger partial charge is 0.482 e. The third-order valence-electron chi connectivity index (χ3n) is 4.27. The molecule has 1 atom stereocenters. The number of carbonyl (C=O) groups is 2. The number of nitrogens with one attached hydrogen (secondary N) is 1. The van der Waals surface area contributed by atoms with E-state index in [9.17, 15) is 9.59 Å². The van der Waals surface area contributed by atoms with Gasteiger partial charge in [-0.25, -0.2) is 4.79 Å². The highest BCUT2D eigenvalue weighted by molar-refractivity contribution is 5.83. The summed E-state index contributed by atoms with van der Waals surface area (Å²) < 4.78 is 21.2. The zero-order valence-corrected chi connectivity index (χ0v) is 16.1. The van der Waals surface area contributed by atoms with Crippen LogP contribution in [0.4, 0.5) is 0 Å². The Kier molecular flexibility index (Phi) is 6.03. The van der Waals surface area contributed by atoms with Crippen molar-refractivity contribution in [1.82, 2.24) is 5.32 Å². The van der Waals surface area contributed by atoms with E-state index in [4.69, 9.17) is 18.9 Å². The van der Waals surface area contributed by atoms with Gasteiger partial charge in [0.2, 0.25) is 6.79 Å². The standard InChI is InChI=1S/C21H23NO6/c1-13-4-5-14(2)18(8-13)25-11-20(23)28-15(3)21(24)22-10-16-6-7-17-19(9-16)27-12-26-17/h4-9,15H,10-12H2,1-3H3,(H,22,24)/t15-/m1/s1. The van der Waals surface area contributed by atoms with E-state index in [-0.39, 0.29) is 19.9 Å². The lowest BCUT2D eigenvalue weighted by atomic mass is 10.1. The van der Waals surface area contributed by atoms with E-state index >= 15 is 0 Å². The molecule has 0 fully saturated rings. The molecule has 0 unspecified atom stereocenters. The summed E-state index contributed by atoms with van der Waals surface area (Å²) in [5.74, 6) is 0.956. The van der Waals surface area contributed by atoms with Crippen LogP contribution < -0.4 is 19.5 Å². The van der Waals surface area contributed by atoms with E-state index in [1.54, 1.807) is 12.1 Å². The second-order valence-corrected chi connectivity index (χ2v) is 6.60. The zero-order valence-electron chi connectivity index (χ0n) is 16.1. The predicted octanol–water partition coefficient (Wildman–Crippen LogP) is 2.66. The molecule has 7 heteroatoms. The fourth-order valence-corrected chi connectivity index (χ4v) is 2.67. The summed E-state index contributed by atoms with van der Waals surface area (Å²) in [5, 5.41) is 2.73. The molecule has 7 nitrogen and oxygen atoms in total. The van der Waals surface area contributed by atoms with E-state index < -0.39 is 18.0 Å². The van der Waals surface area contributed by atoms with Gasteiger partial charge in [0.05, 0.1) is 0 Å². The van der Waals surface area contributed by atoms with Crippen LogP contribution in [0.3, 0.4) is 0 Å². The van der Waals surface area contributed by atoms with Crippen molar-refractivity contribution in [3.05, 3.63) is 53.1 Å². The van der Waals surface area contributed by atoms with Crippen molar-refractivity contribution in [2.45, 2.75) is 33.4 Å². The van der Waals surface area contributed by atoms with E-state index in [2.05, 4.69) is 5.32 Å². The average Bonchev–Trinajstić information content (AvgIpc) is 3.14. The molecule has 0 saturated carbocycles. The summed E-state index contributed by atoms with van der Waals surface area (Å²) in [5.41, 5.74) is 2.81. The van der Waals surface area contributed by atoms with Gasteiger partial charge in [-0.2, -0.15) is 0 Å². The van der Waals surface area contributed by atoms with E-state index in [0.29, 0.717) is 17.2 Å². The van der Waals surface area contributed by atoms with Gasteiger partial charge in [-0.3, -0.25) is 4.79 Å². The Morgan fingerprint density at radius 3 is 2.71 bits per heavy atom. The number of amides is 1. The normalized spacial score (nSPS) is 13.0. The van der Waals surface area contributed by atoms with Gasteiger partial charge in [-0.15, -0.1) is 0 Å². The molecule has 2 aromatic rings. The number of hydrogen-bond donors (Lipinski definition) is 1. The Bertz CT molecular complexity index is 879. The van der Waals surface area contributed by atoms with Gasteiger partial charge in [0.15, 0.2) is 24.2 Å². The second-order valence-electron chi connectivity index (χ2n) is 6.60. The molecular formula is C21H23NO6. The number of carbonyl (C=O) groups excluding carboxylic acids is 2. The van der Waals surface area contributed by atoms with Gasteiger partial charge in [-0.1, -0.05) is 18.2 Å². The second kappa shape index (κ2) is 8.65. The molecule has 1 N–H and O–H groups in total. The van der Waals surface area contributed by atoms with Gasteiger partial charge >= 0.3 is 5.97 Å². The number of hydrogen-bond acceptors (Lipinski definition) is 6. The number of esters is 1. The topological polar surface area (TPSA) is 83.1 Å². The van der Waals surface area contributed by atoms with Crippen molar-refractivity contribution in [3.8, 4) is 17.2 Å². The highest BCUT2D eigenvalue weighted by atomic mass is 16.7. The molecule has 28 heavy (non-hydrogen) atoms. The summed E-state index contributed by atoms with van der Waals surface area (Å²) in [4.78, 5) is 24.1. The average molecular weight is 385 g/mol. The lowest BCUT2D eigenvalue weighted by molar-refractivity contribution is -0.156. The van der Waals surface area contributed by atoms with Crippen molar-refractivity contribution in [1.29, 1.82) is 0 Å². The maximum absolute atomic E-state index is 12.2. The number of aryl methyl sites for hydroxylation is 2. The smallest absolute Gasteiger partial charge is 0.344 e. The third kappa shape index (κ3) is 4.94. The summed E-state index contributed by atoms with van der Waals surface area (Å²) in [6, 6.07) is 11.2. The minimum Gasteiger partial charge on any atom is -0.482 e. The molecule has 2 aromatic carbocycles. The Balaban J connectivity index is 1.44. The number of ether oxygens (including phenoxy) is 4. The molecule has 0 saturated heterocycles. The summed E-state index contributed by atoms with van der Waals surface area (Å²) >= 11 is 0. The monoisotopic (exact) mass is 385 g/mol. The highest BCUT2D eigenvalue weighted by Gasteiger charge is 2.19. The Morgan fingerprint density at radius 2 is 1.89 bits per heavy atom. The van der Waals surface area contributed by atoms with Crippen LogP contribution >= 0.6 is 0 Å². The molecule has 0 radical (unpaired) electrons. The Hall–Kier alpha value is -3.22. The van der Waals surface area contributed by atoms with Gasteiger partial charge in [-0.05, 0) is 55.7 Å². The van der Waals surface area contributed by atoms with Gasteiger partial charge in [0, 0.05) is 6.54 Å². The lowest BCUT2D eigenvalue weighted by Crippen LogP contribution is -2.36. The lowest BCUT2D eigenvalue weighted by Gasteiger charge is -2.15. The van der Waals surface area contributed by atoms with Crippen LogP contribution in [-0.2, 0) is 20.9 Å². The molecule has 0 aliphatic carbocycles. The van der Waals surface area contributed by atoms with Crippen molar-refractivity contribution in [3.63, 3.8) is 0 Å². The molecular weight excluding hydrogens is 362 g/mol. The highest BCUT2D eigenvalue weighted by Crippen LogP contribution is 2.32. The zero-order chi connectivity index (χ0) is 20.1. The first-order valence-electron chi connectivity index (χ1n) is 8.98. The van der Waals surface area contributed by atoms with Crippen LogP contribution in [0.25, 0.3) is 0 Å². The van der Waals surface area contributed by atoms with E-state index in [0.717, 1.165) is 16.7 Å². The van der Waals surface area contributed by atoms with Gasteiger partial charge < -0.3 is 24.3 Å². The molecule has 1 aliphatic rings. The molecule has 1 amide bonds. The fourth-order valence-electron chi connectivity index (χ4n) is 2.67. The first kappa shape index (κ1) is 19.5. The molecule has 148 valence electrons. The Labute approximate surface area is 163 Å². The van der Waals surface area contributed by atoms with Crippen LogP contribution in [0.5, 0.6) is 17.2 Å². The molecule has 1 aliphatic heterocycles. The van der Waals surface area contributed by atoms with Crippen LogP contribution in [0.1, 0.15) is 23.6 Å². The van der Waals surface area contributed by atoms with E-state index in [1.165, 1.54) is 6.92 Å². The van der Waals surface area contributed by atoms with Crippen LogP contribution in [-0.4, -0.2) is 31.4 Å². The number of benzene rings is 2. The van der Waals surface area contributed by atoms with Crippen molar-refractivity contribution in [2.75, 3.05) is 13.4 Å². The van der Waals surface area contributed by atoms with Crippen LogP contribution in [0, 0.1) is 13.8 Å². The molecule has 0 aromatic heterocycles. The van der Waals surface area contributed by atoms with Gasteiger partial charge in [0.1, 0.15) is 5.75 Å². The quantitative estimate of drug-likeness (QED) is 0.738. The van der Waals surface area contributed by atoms with Crippen molar-refractivity contribution in [2.24, 2.45) is 0 Å². The third-order valence-corrected chi connectivity index (χ3v) is 4.27. The minimum atomic E-state index is -0.927. The van der Waals surface area contributed by atoms with Crippen molar-refractivity contribution >= 4 is 11.9 Å². The fraction of sp³-hybridized carbons (Fsp3) is 0.333. The summed E-state index contributed by atoms with van der Waals surface area (Å²) in [7, 11) is 0. The molecule has 1 heterocycles. The van der Waals surface area contributed by atoms with Gasteiger partial charge in [0.25, 0.3) is 5.91 Å². The number of fused-ring (bicyclic) bond motifs is 1. The number of rotatable bonds is 7. The first-order valence-corrected chi connectivity index (χ1v) is 8.98.